The number of rotatable bonds is 6. The van der Waals surface area contributed by atoms with Crippen molar-refractivity contribution in [3.63, 3.8) is 0 Å². The lowest BCUT2D eigenvalue weighted by atomic mass is 9.83. The maximum Gasteiger partial charge on any atom is 0.416 e. The van der Waals surface area contributed by atoms with Crippen LogP contribution in [0.25, 0.3) is 0 Å². The summed E-state index contributed by atoms with van der Waals surface area (Å²) in [7, 11) is 0. The number of halogens is 4. The van der Waals surface area contributed by atoms with Crippen LogP contribution in [0.4, 0.5) is 13.2 Å². The summed E-state index contributed by atoms with van der Waals surface area (Å²) in [6.07, 6.45) is -4.57. The molecule has 0 aromatic heterocycles. The summed E-state index contributed by atoms with van der Waals surface area (Å²) in [4.78, 5) is 28.0. The number of allylic oxidation sites excluding steroid dienone is 1. The van der Waals surface area contributed by atoms with Crippen molar-refractivity contribution < 1.29 is 27.5 Å². The second-order valence-electron chi connectivity index (χ2n) is 8.55. The highest BCUT2D eigenvalue weighted by atomic mass is 35.5. The van der Waals surface area contributed by atoms with Gasteiger partial charge in [0.05, 0.1) is 17.7 Å². The zero-order valence-electron chi connectivity index (χ0n) is 19.4. The summed E-state index contributed by atoms with van der Waals surface area (Å²) in [6, 6.07) is 20.7. The molecule has 1 atom stereocenters. The molecule has 186 valence electrons. The van der Waals surface area contributed by atoms with Gasteiger partial charge in [-0.15, -0.1) is 0 Å². The number of hydrogen-bond donors (Lipinski definition) is 0. The zero-order chi connectivity index (χ0) is 25.9. The fourth-order valence-electron chi connectivity index (χ4n) is 4.28. The Morgan fingerprint density at radius 1 is 1.00 bits per heavy atom. The fraction of sp³-hybridized carbons (Fsp3) is 0.214. The van der Waals surface area contributed by atoms with Gasteiger partial charge in [0.25, 0.3) is 0 Å². The van der Waals surface area contributed by atoms with Crippen molar-refractivity contribution in [1.82, 2.24) is 4.90 Å². The van der Waals surface area contributed by atoms with E-state index in [9.17, 15) is 22.8 Å². The van der Waals surface area contributed by atoms with Gasteiger partial charge in [0, 0.05) is 23.1 Å². The van der Waals surface area contributed by atoms with Crippen molar-refractivity contribution in [2.24, 2.45) is 0 Å². The number of hydrogen-bond acceptors (Lipinski definition) is 3. The normalized spacial score (nSPS) is 16.3. The molecule has 0 fully saturated rings. The molecule has 4 rings (SSSR count). The number of benzene rings is 3. The van der Waals surface area contributed by atoms with E-state index in [2.05, 4.69) is 0 Å². The van der Waals surface area contributed by atoms with Gasteiger partial charge < -0.3 is 9.64 Å². The van der Waals surface area contributed by atoms with Crippen molar-refractivity contribution in [1.29, 1.82) is 0 Å². The van der Waals surface area contributed by atoms with E-state index in [0.29, 0.717) is 16.3 Å². The third-order valence-corrected chi connectivity index (χ3v) is 6.36. The first-order valence-corrected chi connectivity index (χ1v) is 11.6. The summed E-state index contributed by atoms with van der Waals surface area (Å²) < 4.78 is 44.8. The van der Waals surface area contributed by atoms with E-state index >= 15 is 0 Å². The SMILES string of the molecule is CC1=C(C(=O)OCc2ccccc2)[C@H](c2ccc(C(F)(F)F)cc2)CC(=O)N1Cc1cccc(Cl)c1. The van der Waals surface area contributed by atoms with Crippen LogP contribution in [0.3, 0.4) is 0 Å². The minimum atomic E-state index is -4.49. The Morgan fingerprint density at radius 2 is 1.67 bits per heavy atom. The van der Waals surface area contributed by atoms with Crippen molar-refractivity contribution in [2.75, 3.05) is 0 Å². The number of nitrogens with zero attached hydrogens (tertiary/aromatic N) is 1. The Bertz CT molecular complexity index is 1290. The molecule has 0 radical (unpaired) electrons. The third-order valence-electron chi connectivity index (χ3n) is 6.13. The van der Waals surface area contributed by atoms with Crippen molar-refractivity contribution in [2.45, 2.75) is 38.6 Å². The van der Waals surface area contributed by atoms with E-state index in [1.165, 1.54) is 17.0 Å². The molecule has 0 saturated heterocycles. The Labute approximate surface area is 211 Å². The Hall–Kier alpha value is -3.58. The van der Waals surface area contributed by atoms with Crippen LogP contribution < -0.4 is 0 Å². The van der Waals surface area contributed by atoms with E-state index < -0.39 is 23.6 Å². The molecule has 8 heteroatoms. The molecule has 0 bridgehead atoms. The van der Waals surface area contributed by atoms with E-state index in [0.717, 1.165) is 23.3 Å². The molecule has 36 heavy (non-hydrogen) atoms. The highest BCUT2D eigenvalue weighted by Crippen LogP contribution is 2.39. The summed E-state index contributed by atoms with van der Waals surface area (Å²) in [5.41, 5.74) is 1.84. The molecule has 3 aromatic rings. The van der Waals surface area contributed by atoms with Gasteiger partial charge in [-0.05, 0) is 47.9 Å². The largest absolute Gasteiger partial charge is 0.457 e. The standard InChI is InChI=1S/C28H23ClF3NO3/c1-18-26(27(35)36-17-19-6-3-2-4-7-19)24(21-10-12-22(13-11-21)28(30,31)32)15-25(34)33(18)16-20-8-5-9-23(29)14-20/h2-14,24H,15-17H2,1H3/t24-/m0/s1. The van der Waals surface area contributed by atoms with E-state index in [1.54, 1.807) is 25.1 Å². The molecule has 0 unspecified atom stereocenters. The number of alkyl halides is 3. The predicted octanol–water partition coefficient (Wildman–Crippen LogP) is 6.89. The van der Waals surface area contributed by atoms with Crippen LogP contribution in [0.1, 0.15) is 41.5 Å². The first-order chi connectivity index (χ1) is 17.1. The number of amides is 1. The number of ether oxygens (including phenoxy) is 1. The zero-order valence-corrected chi connectivity index (χ0v) is 20.1. The maximum atomic E-state index is 13.3. The van der Waals surface area contributed by atoms with Crippen LogP contribution in [-0.4, -0.2) is 16.8 Å². The van der Waals surface area contributed by atoms with E-state index in [4.69, 9.17) is 16.3 Å². The van der Waals surface area contributed by atoms with Crippen LogP contribution in [-0.2, 0) is 33.7 Å². The van der Waals surface area contributed by atoms with Gasteiger partial charge >= 0.3 is 12.1 Å². The molecule has 0 N–H and O–H groups in total. The topological polar surface area (TPSA) is 46.6 Å². The van der Waals surface area contributed by atoms with Crippen LogP contribution in [0.15, 0.2) is 90.1 Å². The Kier molecular flexibility index (Phi) is 7.50. The first-order valence-electron chi connectivity index (χ1n) is 11.3. The number of esters is 1. The summed E-state index contributed by atoms with van der Waals surface area (Å²) >= 11 is 6.09. The molecular weight excluding hydrogens is 491 g/mol. The van der Waals surface area contributed by atoms with Crippen molar-refractivity contribution in [3.8, 4) is 0 Å². The van der Waals surface area contributed by atoms with Gasteiger partial charge in [-0.1, -0.05) is 66.2 Å². The first kappa shape index (κ1) is 25.5. The Morgan fingerprint density at radius 3 is 2.31 bits per heavy atom. The lowest BCUT2D eigenvalue weighted by molar-refractivity contribution is -0.142. The molecule has 3 aromatic carbocycles. The predicted molar refractivity (Wildman–Crippen MR) is 130 cm³/mol. The van der Waals surface area contributed by atoms with Crippen molar-refractivity contribution >= 4 is 23.5 Å². The third kappa shape index (κ3) is 5.79. The molecule has 4 nitrogen and oxygen atoms in total. The highest BCUT2D eigenvalue weighted by Gasteiger charge is 2.38. The smallest absolute Gasteiger partial charge is 0.416 e. The molecule has 0 aliphatic carbocycles. The minimum Gasteiger partial charge on any atom is -0.457 e. The summed E-state index contributed by atoms with van der Waals surface area (Å²) in [6.45, 7) is 1.87. The van der Waals surface area contributed by atoms with Crippen LogP contribution in [0, 0.1) is 0 Å². The average molecular weight is 514 g/mol. The van der Waals surface area contributed by atoms with E-state index in [-0.39, 0.29) is 31.1 Å². The number of carbonyl (C=O) groups excluding carboxylic acids is 2. The highest BCUT2D eigenvalue weighted by molar-refractivity contribution is 6.30. The monoisotopic (exact) mass is 513 g/mol. The second kappa shape index (κ2) is 10.6. The van der Waals surface area contributed by atoms with Gasteiger partial charge in [-0.2, -0.15) is 13.2 Å². The lowest BCUT2D eigenvalue weighted by Crippen LogP contribution is -2.38. The van der Waals surface area contributed by atoms with Gasteiger partial charge in [-0.3, -0.25) is 4.79 Å². The van der Waals surface area contributed by atoms with Crippen LogP contribution in [0.2, 0.25) is 5.02 Å². The molecule has 0 spiro atoms. The van der Waals surface area contributed by atoms with Crippen molar-refractivity contribution in [3.05, 3.63) is 117 Å². The lowest BCUT2D eigenvalue weighted by Gasteiger charge is -2.34. The maximum absolute atomic E-state index is 13.3. The molecule has 1 aliphatic heterocycles. The number of carbonyl (C=O) groups is 2. The second-order valence-corrected chi connectivity index (χ2v) is 8.98. The van der Waals surface area contributed by atoms with Gasteiger partial charge in [0.15, 0.2) is 0 Å². The molecule has 1 aliphatic rings. The molecule has 1 amide bonds. The van der Waals surface area contributed by atoms with Gasteiger partial charge in [0.1, 0.15) is 6.61 Å². The fourth-order valence-corrected chi connectivity index (χ4v) is 4.49. The summed E-state index contributed by atoms with van der Waals surface area (Å²) in [5, 5.41) is 0.517. The molecular formula is C28H23ClF3NO3. The van der Waals surface area contributed by atoms with Crippen LogP contribution >= 0.6 is 11.6 Å². The summed E-state index contributed by atoms with van der Waals surface area (Å²) in [5.74, 6) is -1.61. The van der Waals surface area contributed by atoms with Gasteiger partial charge in [-0.25, -0.2) is 4.79 Å². The average Bonchev–Trinajstić information content (AvgIpc) is 2.85. The minimum absolute atomic E-state index is 0.0262. The quantitative estimate of drug-likeness (QED) is 0.337. The van der Waals surface area contributed by atoms with E-state index in [1.807, 2.05) is 36.4 Å². The van der Waals surface area contributed by atoms with Gasteiger partial charge in [0.2, 0.25) is 5.91 Å². The van der Waals surface area contributed by atoms with Crippen LogP contribution in [0.5, 0.6) is 0 Å². The molecule has 0 saturated carbocycles. The molecule has 1 heterocycles. The Balaban J connectivity index is 1.69.